The van der Waals surface area contributed by atoms with Crippen molar-refractivity contribution in [2.45, 2.75) is 30.8 Å². The van der Waals surface area contributed by atoms with Crippen LogP contribution in [0.15, 0.2) is 29.4 Å². The SMILES string of the molecule is CCOc1ccc(-c2nnc(SC(F)F)n2CCC(=O)O)cc1. The van der Waals surface area contributed by atoms with Gasteiger partial charge in [0.25, 0.3) is 5.76 Å². The van der Waals surface area contributed by atoms with Crippen LogP contribution in [0.2, 0.25) is 0 Å². The number of carboxylic acids is 1. The van der Waals surface area contributed by atoms with E-state index in [4.69, 9.17) is 9.84 Å². The van der Waals surface area contributed by atoms with Gasteiger partial charge in [0.2, 0.25) is 0 Å². The molecule has 0 aliphatic heterocycles. The molecule has 0 aliphatic carbocycles. The van der Waals surface area contributed by atoms with E-state index in [1.165, 1.54) is 4.57 Å². The predicted molar refractivity (Wildman–Crippen MR) is 80.7 cm³/mol. The number of nitrogens with zero attached hydrogens (tertiary/aromatic N) is 3. The number of benzene rings is 1. The van der Waals surface area contributed by atoms with Crippen molar-refractivity contribution in [3.8, 4) is 17.1 Å². The molecule has 0 radical (unpaired) electrons. The van der Waals surface area contributed by atoms with Gasteiger partial charge in [0.05, 0.1) is 13.0 Å². The third-order valence-electron chi connectivity index (χ3n) is 2.88. The first-order chi connectivity index (χ1) is 11.0. The summed E-state index contributed by atoms with van der Waals surface area (Å²) < 4.78 is 31.9. The van der Waals surface area contributed by atoms with Crippen LogP contribution in [0.4, 0.5) is 8.78 Å². The van der Waals surface area contributed by atoms with E-state index in [1.807, 2.05) is 6.92 Å². The average Bonchev–Trinajstić information content (AvgIpc) is 2.88. The van der Waals surface area contributed by atoms with Gasteiger partial charge in [-0.15, -0.1) is 10.2 Å². The number of carbonyl (C=O) groups is 1. The Hall–Kier alpha value is -2.16. The standard InChI is InChI=1S/C14H15F2N3O3S/c1-2-22-10-5-3-9(4-6-10)12-17-18-14(23-13(15)16)19(12)8-7-11(20)21/h3-6,13H,2,7-8H2,1H3,(H,20,21). The van der Waals surface area contributed by atoms with Crippen LogP contribution >= 0.6 is 11.8 Å². The molecular formula is C14H15F2N3O3S. The van der Waals surface area contributed by atoms with Crippen LogP contribution in [0.3, 0.4) is 0 Å². The van der Waals surface area contributed by atoms with Crippen LogP contribution in [-0.4, -0.2) is 38.2 Å². The third kappa shape index (κ3) is 4.65. The number of hydrogen-bond donors (Lipinski definition) is 1. The number of rotatable bonds is 8. The van der Waals surface area contributed by atoms with Gasteiger partial charge in [0.15, 0.2) is 11.0 Å². The molecule has 1 heterocycles. The van der Waals surface area contributed by atoms with Gasteiger partial charge >= 0.3 is 5.97 Å². The van der Waals surface area contributed by atoms with E-state index in [1.54, 1.807) is 24.3 Å². The highest BCUT2D eigenvalue weighted by molar-refractivity contribution is 7.99. The van der Waals surface area contributed by atoms with E-state index in [9.17, 15) is 13.6 Å². The molecule has 2 rings (SSSR count). The van der Waals surface area contributed by atoms with Gasteiger partial charge < -0.3 is 14.4 Å². The fourth-order valence-electron chi connectivity index (χ4n) is 1.95. The molecule has 1 N–H and O–H groups in total. The number of thioether (sulfide) groups is 1. The van der Waals surface area contributed by atoms with Crippen LogP contribution in [0.1, 0.15) is 13.3 Å². The minimum atomic E-state index is -2.66. The van der Waals surface area contributed by atoms with Crippen LogP contribution in [-0.2, 0) is 11.3 Å². The van der Waals surface area contributed by atoms with Crippen molar-refractivity contribution in [3.05, 3.63) is 24.3 Å². The van der Waals surface area contributed by atoms with Crippen LogP contribution in [0.5, 0.6) is 5.75 Å². The normalized spacial score (nSPS) is 11.0. The van der Waals surface area contributed by atoms with E-state index >= 15 is 0 Å². The van der Waals surface area contributed by atoms with Gasteiger partial charge in [-0.25, -0.2) is 0 Å². The first kappa shape index (κ1) is 17.2. The summed E-state index contributed by atoms with van der Waals surface area (Å²) in [5.41, 5.74) is 0.646. The topological polar surface area (TPSA) is 77.2 Å². The Morgan fingerprint density at radius 1 is 1.35 bits per heavy atom. The maximum absolute atomic E-state index is 12.6. The lowest BCUT2D eigenvalue weighted by molar-refractivity contribution is -0.137. The monoisotopic (exact) mass is 343 g/mol. The van der Waals surface area contributed by atoms with Crippen molar-refractivity contribution in [1.82, 2.24) is 14.8 Å². The first-order valence-corrected chi connectivity index (χ1v) is 7.72. The highest BCUT2D eigenvalue weighted by atomic mass is 32.2. The second kappa shape index (κ2) is 7.91. The molecule has 0 bridgehead atoms. The number of aromatic nitrogens is 3. The zero-order valence-electron chi connectivity index (χ0n) is 12.3. The Balaban J connectivity index is 2.32. The Labute approximate surface area is 135 Å². The third-order valence-corrected chi connectivity index (χ3v) is 3.58. The largest absolute Gasteiger partial charge is 0.494 e. The molecule has 0 fully saturated rings. The molecular weight excluding hydrogens is 328 g/mol. The highest BCUT2D eigenvalue weighted by Gasteiger charge is 2.18. The summed E-state index contributed by atoms with van der Waals surface area (Å²) in [7, 11) is 0. The van der Waals surface area contributed by atoms with Gasteiger partial charge in [-0.2, -0.15) is 8.78 Å². The number of carboxylic acid groups (broad SMARTS) is 1. The number of aliphatic carboxylic acids is 1. The van der Waals surface area contributed by atoms with E-state index in [0.717, 1.165) is 0 Å². The minimum absolute atomic E-state index is 0.00913. The van der Waals surface area contributed by atoms with Crippen LogP contribution < -0.4 is 4.74 Å². The second-order valence-electron chi connectivity index (χ2n) is 4.44. The molecule has 9 heteroatoms. The molecule has 2 aromatic rings. The molecule has 0 saturated carbocycles. The first-order valence-electron chi connectivity index (χ1n) is 6.84. The molecule has 1 aromatic heterocycles. The number of halogens is 2. The summed E-state index contributed by atoms with van der Waals surface area (Å²) in [4.78, 5) is 10.8. The molecule has 1 aromatic carbocycles. The van der Waals surface area contributed by atoms with E-state index in [2.05, 4.69) is 10.2 Å². The number of hydrogen-bond acceptors (Lipinski definition) is 5. The maximum atomic E-state index is 12.6. The fraction of sp³-hybridized carbons (Fsp3) is 0.357. The zero-order chi connectivity index (χ0) is 16.8. The van der Waals surface area contributed by atoms with Crippen molar-refractivity contribution in [3.63, 3.8) is 0 Å². The summed E-state index contributed by atoms with van der Waals surface area (Å²) in [6.45, 7) is 2.41. The molecule has 0 saturated heterocycles. The van der Waals surface area contributed by atoms with E-state index < -0.39 is 11.7 Å². The van der Waals surface area contributed by atoms with Crippen molar-refractivity contribution >= 4 is 17.7 Å². The molecule has 0 atom stereocenters. The van der Waals surface area contributed by atoms with E-state index in [0.29, 0.717) is 23.7 Å². The Bertz CT molecular complexity index is 662. The second-order valence-corrected chi connectivity index (χ2v) is 5.39. The average molecular weight is 343 g/mol. The molecule has 0 aliphatic rings. The van der Waals surface area contributed by atoms with Gasteiger partial charge in [-0.1, -0.05) is 0 Å². The quantitative estimate of drug-likeness (QED) is 0.742. The number of alkyl halides is 2. The van der Waals surface area contributed by atoms with Gasteiger partial charge in [0.1, 0.15) is 5.75 Å². The lowest BCUT2D eigenvalue weighted by atomic mass is 10.2. The molecule has 0 amide bonds. The predicted octanol–water partition coefficient (Wildman–Crippen LogP) is 3.13. The smallest absolute Gasteiger partial charge is 0.305 e. The van der Waals surface area contributed by atoms with Crippen molar-refractivity contribution in [2.75, 3.05) is 6.61 Å². The van der Waals surface area contributed by atoms with E-state index in [-0.39, 0.29) is 29.9 Å². The van der Waals surface area contributed by atoms with Crippen molar-refractivity contribution < 1.29 is 23.4 Å². The fourth-order valence-corrected chi connectivity index (χ4v) is 2.50. The van der Waals surface area contributed by atoms with Crippen LogP contribution in [0.25, 0.3) is 11.4 Å². The number of ether oxygens (including phenoxy) is 1. The van der Waals surface area contributed by atoms with Gasteiger partial charge in [0, 0.05) is 12.1 Å². The molecule has 23 heavy (non-hydrogen) atoms. The summed E-state index contributed by atoms with van der Waals surface area (Å²) in [6.07, 6.45) is -0.209. The van der Waals surface area contributed by atoms with Gasteiger partial charge in [-0.3, -0.25) is 4.79 Å². The van der Waals surface area contributed by atoms with Crippen molar-refractivity contribution in [1.29, 1.82) is 0 Å². The molecule has 0 spiro atoms. The Kier molecular flexibility index (Phi) is 5.91. The lowest BCUT2D eigenvalue weighted by Gasteiger charge is -2.09. The van der Waals surface area contributed by atoms with Gasteiger partial charge in [-0.05, 0) is 43.0 Å². The summed E-state index contributed by atoms with van der Waals surface area (Å²) in [5, 5.41) is 16.5. The Morgan fingerprint density at radius 3 is 2.61 bits per heavy atom. The van der Waals surface area contributed by atoms with Crippen molar-refractivity contribution in [2.24, 2.45) is 0 Å². The maximum Gasteiger partial charge on any atom is 0.305 e. The zero-order valence-corrected chi connectivity index (χ0v) is 13.1. The summed E-state index contributed by atoms with van der Waals surface area (Å²) in [6, 6.07) is 6.91. The minimum Gasteiger partial charge on any atom is -0.494 e. The highest BCUT2D eigenvalue weighted by Crippen LogP contribution is 2.29. The van der Waals surface area contributed by atoms with Crippen LogP contribution in [0, 0.1) is 0 Å². The summed E-state index contributed by atoms with van der Waals surface area (Å²) >= 11 is 0.242. The molecule has 124 valence electrons. The molecule has 0 unspecified atom stereocenters. The Morgan fingerprint density at radius 2 is 2.04 bits per heavy atom. The summed E-state index contributed by atoms with van der Waals surface area (Å²) in [5.74, 6) is -2.66. The lowest BCUT2D eigenvalue weighted by Crippen LogP contribution is -2.08. The molecule has 6 nitrogen and oxygen atoms in total.